The van der Waals surface area contributed by atoms with Gasteiger partial charge in [0.1, 0.15) is 0 Å². The molecular weight excluding hydrogens is 304 g/mol. The summed E-state index contributed by atoms with van der Waals surface area (Å²) in [6, 6.07) is 0. The summed E-state index contributed by atoms with van der Waals surface area (Å²) in [4.78, 5) is -0.955. The Hall–Kier alpha value is -1.22. The van der Waals surface area contributed by atoms with Crippen LogP contribution >= 0.6 is 0 Å². The minimum Gasteiger partial charge on any atom is -0.282 e. The predicted octanol–water partition coefficient (Wildman–Crippen LogP) is 1.68. The average molecular weight is 318 g/mol. The molecule has 0 spiro atoms. The second-order valence-corrected chi connectivity index (χ2v) is 7.71. The van der Waals surface area contributed by atoms with Crippen LogP contribution in [0.5, 0.6) is 0 Å². The molecule has 8 heteroatoms. The van der Waals surface area contributed by atoms with Gasteiger partial charge in [-0.15, -0.1) is 0 Å². The number of allylic oxidation sites excluding steroid dienone is 7. The molecule has 2 unspecified atom stereocenters. The third-order valence-corrected chi connectivity index (χ3v) is 5.31. The second kappa shape index (κ2) is 4.66. The number of hydrogen-bond donors (Lipinski definition) is 2. The first kappa shape index (κ1) is 15.2. The monoisotopic (exact) mass is 318 g/mol. The van der Waals surface area contributed by atoms with E-state index in [1.807, 2.05) is 6.92 Å². The lowest BCUT2D eigenvalue weighted by atomic mass is 9.80. The maximum atomic E-state index is 11.4. The van der Waals surface area contributed by atoms with Crippen LogP contribution in [0.2, 0.25) is 0 Å². The Labute approximate surface area is 117 Å². The molecule has 0 bridgehead atoms. The molecular formula is C12H14O6S2. The molecule has 2 aliphatic rings. The summed E-state index contributed by atoms with van der Waals surface area (Å²) >= 11 is 0. The van der Waals surface area contributed by atoms with Crippen molar-refractivity contribution in [1.29, 1.82) is 0 Å². The summed E-state index contributed by atoms with van der Waals surface area (Å²) in [5, 5.41) is 0. The van der Waals surface area contributed by atoms with Crippen molar-refractivity contribution in [2.24, 2.45) is 11.8 Å². The first-order chi connectivity index (χ1) is 9.00. The summed E-state index contributed by atoms with van der Waals surface area (Å²) in [7, 11) is -9.10. The van der Waals surface area contributed by atoms with Crippen molar-refractivity contribution in [1.82, 2.24) is 0 Å². The molecule has 0 fully saturated rings. The maximum Gasteiger partial charge on any atom is 0.294 e. The van der Waals surface area contributed by atoms with Gasteiger partial charge in [-0.3, -0.25) is 9.11 Å². The number of rotatable bonds is 2. The van der Waals surface area contributed by atoms with Crippen LogP contribution < -0.4 is 0 Å². The van der Waals surface area contributed by atoms with E-state index < -0.39 is 41.9 Å². The summed E-state index contributed by atoms with van der Waals surface area (Å²) < 4.78 is 63.6. The first-order valence-electron chi connectivity index (χ1n) is 5.76. The van der Waals surface area contributed by atoms with Gasteiger partial charge in [0.05, 0.1) is 9.81 Å². The molecule has 2 N–H and O–H groups in total. The lowest BCUT2D eigenvalue weighted by molar-refractivity contribution is 0.479. The van der Waals surface area contributed by atoms with Crippen LogP contribution in [0, 0.1) is 11.8 Å². The fourth-order valence-electron chi connectivity index (χ4n) is 2.34. The molecule has 0 aromatic rings. The lowest BCUT2D eigenvalue weighted by Crippen LogP contribution is -2.25. The van der Waals surface area contributed by atoms with E-state index in [-0.39, 0.29) is 0 Å². The molecule has 2 aliphatic carbocycles. The number of fused-ring (bicyclic) bond motifs is 1. The van der Waals surface area contributed by atoms with E-state index in [4.69, 9.17) is 4.55 Å². The van der Waals surface area contributed by atoms with Crippen molar-refractivity contribution in [2.45, 2.75) is 13.8 Å². The molecule has 0 heterocycles. The molecule has 0 aliphatic heterocycles. The largest absolute Gasteiger partial charge is 0.294 e. The minimum atomic E-state index is -4.56. The zero-order valence-electron chi connectivity index (χ0n) is 10.8. The fourth-order valence-corrected chi connectivity index (χ4v) is 3.86. The molecule has 2 atom stereocenters. The SMILES string of the molecule is CC1=CC2C=C(S(=O)(=O)O)C=C(S(=O)(=O)O)C2C=C1C. The van der Waals surface area contributed by atoms with Crippen molar-refractivity contribution in [3.8, 4) is 0 Å². The Morgan fingerprint density at radius 3 is 1.95 bits per heavy atom. The van der Waals surface area contributed by atoms with Gasteiger partial charge in [-0.05, 0) is 19.9 Å². The standard InChI is InChI=1S/C12H14O6S2/c1-7-3-9-5-10(19(13,14)15)6-12(20(16,17)18)11(9)4-8(7)2/h3-6,9,11H,1-2H3,(H,13,14,15)(H,16,17,18). The van der Waals surface area contributed by atoms with Gasteiger partial charge < -0.3 is 0 Å². The highest BCUT2D eigenvalue weighted by atomic mass is 32.2. The van der Waals surface area contributed by atoms with E-state index in [1.165, 1.54) is 6.08 Å². The molecule has 0 amide bonds. The number of hydrogen-bond acceptors (Lipinski definition) is 4. The van der Waals surface area contributed by atoms with Gasteiger partial charge in [0, 0.05) is 11.8 Å². The van der Waals surface area contributed by atoms with Crippen LogP contribution in [0.15, 0.2) is 45.3 Å². The molecule has 6 nitrogen and oxygen atoms in total. The topological polar surface area (TPSA) is 109 Å². The zero-order chi connectivity index (χ0) is 15.3. The van der Waals surface area contributed by atoms with Gasteiger partial charge in [-0.2, -0.15) is 16.8 Å². The molecule has 110 valence electrons. The van der Waals surface area contributed by atoms with Crippen molar-refractivity contribution in [3.05, 3.63) is 45.3 Å². The van der Waals surface area contributed by atoms with Crippen molar-refractivity contribution >= 4 is 20.2 Å². The molecule has 0 aromatic heterocycles. The van der Waals surface area contributed by atoms with E-state index in [0.29, 0.717) is 0 Å². The van der Waals surface area contributed by atoms with Gasteiger partial charge in [0.25, 0.3) is 20.2 Å². The quantitative estimate of drug-likeness (QED) is 0.750. The van der Waals surface area contributed by atoms with Gasteiger partial charge in [-0.25, -0.2) is 0 Å². The molecule has 0 saturated carbocycles. The Balaban J connectivity index is 2.67. The van der Waals surface area contributed by atoms with E-state index >= 15 is 0 Å². The minimum absolute atomic E-state index is 0.430. The van der Waals surface area contributed by atoms with Crippen molar-refractivity contribution in [3.63, 3.8) is 0 Å². The Kier molecular flexibility index (Phi) is 3.53. The highest BCUT2D eigenvalue weighted by Crippen LogP contribution is 2.40. The van der Waals surface area contributed by atoms with Crippen LogP contribution in [-0.2, 0) is 20.2 Å². The van der Waals surface area contributed by atoms with Crippen LogP contribution in [-0.4, -0.2) is 25.9 Å². The Morgan fingerprint density at radius 2 is 1.45 bits per heavy atom. The normalized spacial score (nSPS) is 27.0. The van der Waals surface area contributed by atoms with Crippen molar-refractivity contribution in [2.75, 3.05) is 0 Å². The summed E-state index contributed by atoms with van der Waals surface area (Å²) in [5.74, 6) is -1.21. The molecule has 2 rings (SSSR count). The summed E-state index contributed by atoms with van der Waals surface area (Å²) in [5.41, 5.74) is 1.73. The van der Waals surface area contributed by atoms with Crippen LogP contribution in [0.4, 0.5) is 0 Å². The summed E-state index contributed by atoms with van der Waals surface area (Å²) in [6.45, 7) is 3.61. The first-order valence-corrected chi connectivity index (χ1v) is 8.64. The maximum absolute atomic E-state index is 11.4. The van der Waals surface area contributed by atoms with Gasteiger partial charge in [-0.1, -0.05) is 29.4 Å². The fraction of sp³-hybridized carbons (Fsp3) is 0.333. The van der Waals surface area contributed by atoms with Crippen LogP contribution in [0.3, 0.4) is 0 Å². The highest BCUT2D eigenvalue weighted by Gasteiger charge is 2.35. The van der Waals surface area contributed by atoms with E-state index in [0.717, 1.165) is 17.2 Å². The predicted molar refractivity (Wildman–Crippen MR) is 73.8 cm³/mol. The lowest BCUT2D eigenvalue weighted by Gasteiger charge is -2.29. The van der Waals surface area contributed by atoms with E-state index in [9.17, 15) is 21.4 Å². The van der Waals surface area contributed by atoms with Gasteiger partial charge in [0.2, 0.25) is 0 Å². The van der Waals surface area contributed by atoms with Crippen LogP contribution in [0.25, 0.3) is 0 Å². The molecule has 0 radical (unpaired) electrons. The smallest absolute Gasteiger partial charge is 0.282 e. The highest BCUT2D eigenvalue weighted by molar-refractivity contribution is 7.91. The zero-order valence-corrected chi connectivity index (χ0v) is 12.4. The van der Waals surface area contributed by atoms with Gasteiger partial charge in [0.15, 0.2) is 0 Å². The van der Waals surface area contributed by atoms with E-state index in [2.05, 4.69) is 0 Å². The molecule has 0 aromatic carbocycles. The van der Waals surface area contributed by atoms with E-state index in [1.54, 1.807) is 19.1 Å². The second-order valence-electron chi connectivity index (χ2n) is 4.87. The summed E-state index contributed by atoms with van der Waals surface area (Å²) in [6.07, 6.45) is 5.45. The van der Waals surface area contributed by atoms with Crippen LogP contribution in [0.1, 0.15) is 13.8 Å². The Bertz CT molecular complexity index is 778. The molecule has 0 saturated heterocycles. The van der Waals surface area contributed by atoms with Crippen molar-refractivity contribution < 1.29 is 25.9 Å². The molecule has 20 heavy (non-hydrogen) atoms. The third-order valence-electron chi connectivity index (χ3n) is 3.47. The Morgan fingerprint density at radius 1 is 0.900 bits per heavy atom. The van der Waals surface area contributed by atoms with Gasteiger partial charge >= 0.3 is 0 Å². The third kappa shape index (κ3) is 2.78. The average Bonchev–Trinajstić information content (AvgIpc) is 2.26.